The zero-order chi connectivity index (χ0) is 48.6. The highest BCUT2D eigenvalue weighted by Gasteiger charge is 2.19. The molecule has 0 aromatic carbocycles. The van der Waals surface area contributed by atoms with Gasteiger partial charge >= 0.3 is 17.9 Å². The molecule has 0 aromatic rings. The second-order valence-electron chi connectivity index (χ2n) is 18.2. The van der Waals surface area contributed by atoms with Crippen molar-refractivity contribution >= 4 is 17.9 Å². The van der Waals surface area contributed by atoms with E-state index in [-0.39, 0.29) is 31.1 Å². The molecule has 0 aliphatic heterocycles. The van der Waals surface area contributed by atoms with Crippen LogP contribution in [0, 0.1) is 0 Å². The summed E-state index contributed by atoms with van der Waals surface area (Å²) >= 11 is 0. The number of unbranched alkanes of at least 4 members (excludes halogenated alkanes) is 25. The average Bonchev–Trinajstić information content (AvgIpc) is 3.33. The standard InChI is InChI=1S/C61H102O6/c1-4-7-10-13-16-19-22-25-27-29-30-32-33-36-39-42-45-48-51-54-60(63)66-57-58(56-65-59(62)53-50-47-44-41-38-35-24-21-18-15-12-9-6-3)67-61(64)55-52-49-46-43-40-37-34-31-28-26-23-20-17-14-11-8-5-2/h7,9-10,12,15-16,18-19,21,24-28,35,38,58H,4-6,8,11,13-14,17,20,22-23,29-34,36-37,39-57H2,1-3H3/b10-7+,12-9+,18-15+,19-16+,24-21+,27-25+,28-26+,38-35+. The lowest BCUT2D eigenvalue weighted by molar-refractivity contribution is -0.167. The lowest BCUT2D eigenvalue weighted by Gasteiger charge is -2.18. The molecule has 0 spiro atoms. The van der Waals surface area contributed by atoms with Gasteiger partial charge in [-0.15, -0.1) is 0 Å². The average molecular weight is 931 g/mol. The minimum atomic E-state index is -0.799. The number of hydrogen-bond acceptors (Lipinski definition) is 6. The Bertz CT molecular complexity index is 1350. The molecule has 0 rings (SSSR count). The Balaban J connectivity index is 4.42. The van der Waals surface area contributed by atoms with Crippen molar-refractivity contribution < 1.29 is 28.6 Å². The molecule has 0 saturated carbocycles. The first-order valence-electron chi connectivity index (χ1n) is 27.8. The molecule has 0 saturated heterocycles. The van der Waals surface area contributed by atoms with Crippen LogP contribution in [0.5, 0.6) is 0 Å². The Kier molecular flexibility index (Phi) is 51.9. The Morgan fingerprint density at radius 1 is 0.328 bits per heavy atom. The lowest BCUT2D eigenvalue weighted by atomic mass is 10.1. The minimum Gasteiger partial charge on any atom is -0.462 e. The molecule has 0 amide bonds. The van der Waals surface area contributed by atoms with E-state index < -0.39 is 6.10 Å². The van der Waals surface area contributed by atoms with E-state index >= 15 is 0 Å². The molecule has 0 aliphatic rings. The van der Waals surface area contributed by atoms with Gasteiger partial charge in [0.2, 0.25) is 0 Å². The van der Waals surface area contributed by atoms with Crippen molar-refractivity contribution in [2.75, 3.05) is 13.2 Å². The molecule has 0 aromatic heterocycles. The summed E-state index contributed by atoms with van der Waals surface area (Å²) < 4.78 is 16.8. The summed E-state index contributed by atoms with van der Waals surface area (Å²) in [6, 6.07) is 0. The fraction of sp³-hybridized carbons (Fsp3) is 0.689. The second kappa shape index (κ2) is 54.9. The molecule has 1 atom stereocenters. The lowest BCUT2D eigenvalue weighted by Crippen LogP contribution is -2.30. The second-order valence-corrected chi connectivity index (χ2v) is 18.2. The minimum absolute atomic E-state index is 0.0954. The van der Waals surface area contributed by atoms with Crippen LogP contribution in [0.2, 0.25) is 0 Å². The summed E-state index contributed by atoms with van der Waals surface area (Å²) in [5, 5.41) is 0. The quantitative estimate of drug-likeness (QED) is 0.0199. The van der Waals surface area contributed by atoms with E-state index in [1.54, 1.807) is 0 Å². The van der Waals surface area contributed by atoms with Crippen molar-refractivity contribution in [3.63, 3.8) is 0 Å². The monoisotopic (exact) mass is 931 g/mol. The largest absolute Gasteiger partial charge is 0.462 e. The van der Waals surface area contributed by atoms with E-state index in [0.29, 0.717) is 19.3 Å². The van der Waals surface area contributed by atoms with Gasteiger partial charge in [0.15, 0.2) is 6.10 Å². The summed E-state index contributed by atoms with van der Waals surface area (Å²) in [6.07, 6.45) is 72.5. The Morgan fingerprint density at radius 2 is 0.657 bits per heavy atom. The maximum atomic E-state index is 12.8. The number of rotatable bonds is 49. The molecule has 0 fully saturated rings. The molecule has 6 heteroatoms. The van der Waals surface area contributed by atoms with Gasteiger partial charge in [-0.2, -0.15) is 0 Å². The highest BCUT2D eigenvalue weighted by molar-refractivity contribution is 5.71. The number of carbonyl (C=O) groups excluding carboxylic acids is 3. The van der Waals surface area contributed by atoms with Crippen LogP contribution in [0.4, 0.5) is 0 Å². The van der Waals surface area contributed by atoms with E-state index in [4.69, 9.17) is 14.2 Å². The van der Waals surface area contributed by atoms with Crippen LogP contribution in [0.1, 0.15) is 252 Å². The van der Waals surface area contributed by atoms with Crippen LogP contribution in [-0.4, -0.2) is 37.2 Å². The van der Waals surface area contributed by atoms with Crippen molar-refractivity contribution in [1.82, 2.24) is 0 Å². The molecule has 0 aliphatic carbocycles. The van der Waals surface area contributed by atoms with Crippen LogP contribution in [0.15, 0.2) is 97.2 Å². The van der Waals surface area contributed by atoms with E-state index in [1.165, 1.54) is 122 Å². The number of carbonyl (C=O) groups is 3. The third-order valence-corrected chi connectivity index (χ3v) is 11.6. The molecule has 67 heavy (non-hydrogen) atoms. The molecule has 0 radical (unpaired) electrons. The first-order chi connectivity index (χ1) is 33.0. The summed E-state index contributed by atoms with van der Waals surface area (Å²) in [5.41, 5.74) is 0. The number of allylic oxidation sites excluding steroid dienone is 16. The van der Waals surface area contributed by atoms with E-state index in [2.05, 4.69) is 87.6 Å². The normalized spacial score (nSPS) is 12.8. The maximum Gasteiger partial charge on any atom is 0.306 e. The van der Waals surface area contributed by atoms with Crippen LogP contribution < -0.4 is 0 Å². The Hall–Kier alpha value is -3.67. The smallest absolute Gasteiger partial charge is 0.306 e. The van der Waals surface area contributed by atoms with Gasteiger partial charge in [0.05, 0.1) is 0 Å². The number of hydrogen-bond donors (Lipinski definition) is 0. The van der Waals surface area contributed by atoms with Crippen LogP contribution in [0.25, 0.3) is 0 Å². The van der Waals surface area contributed by atoms with Crippen molar-refractivity contribution in [2.24, 2.45) is 0 Å². The molecule has 0 N–H and O–H groups in total. The van der Waals surface area contributed by atoms with Gasteiger partial charge in [-0.3, -0.25) is 14.4 Å². The van der Waals surface area contributed by atoms with Gasteiger partial charge in [0, 0.05) is 19.3 Å². The molecular formula is C61H102O6. The van der Waals surface area contributed by atoms with Gasteiger partial charge in [-0.05, 0) is 96.3 Å². The van der Waals surface area contributed by atoms with E-state index in [1.807, 2.05) is 30.4 Å². The predicted molar refractivity (Wildman–Crippen MR) is 288 cm³/mol. The van der Waals surface area contributed by atoms with Gasteiger partial charge < -0.3 is 14.2 Å². The third-order valence-electron chi connectivity index (χ3n) is 11.6. The Labute approximate surface area is 413 Å². The van der Waals surface area contributed by atoms with Gasteiger partial charge in [-0.25, -0.2) is 0 Å². The highest BCUT2D eigenvalue weighted by atomic mass is 16.6. The van der Waals surface area contributed by atoms with Crippen molar-refractivity contribution in [3.05, 3.63) is 97.2 Å². The van der Waals surface area contributed by atoms with Crippen molar-refractivity contribution in [2.45, 2.75) is 258 Å². The predicted octanol–water partition coefficient (Wildman–Crippen LogP) is 18.5. The summed E-state index contributed by atoms with van der Waals surface area (Å²) in [4.78, 5) is 38.1. The fourth-order valence-corrected chi connectivity index (χ4v) is 7.52. The SMILES string of the molecule is CC/C=C/C=C/C=C/C=C/CCCCCC(=O)OCC(COC(=O)CCCCCCCCCCC/C=C/C/C=C/C/C=C/CC)OC(=O)CCCCCCCCC/C=C/CCCCCCCC. The van der Waals surface area contributed by atoms with Gasteiger partial charge in [0.1, 0.15) is 13.2 Å². The molecule has 0 bridgehead atoms. The van der Waals surface area contributed by atoms with Crippen molar-refractivity contribution in [3.8, 4) is 0 Å². The summed E-state index contributed by atoms with van der Waals surface area (Å²) in [6.45, 7) is 6.35. The molecule has 0 heterocycles. The zero-order valence-corrected chi connectivity index (χ0v) is 43.6. The summed E-state index contributed by atoms with van der Waals surface area (Å²) in [5.74, 6) is -0.944. The van der Waals surface area contributed by atoms with Gasteiger partial charge in [-0.1, -0.05) is 234 Å². The highest BCUT2D eigenvalue weighted by Crippen LogP contribution is 2.15. The van der Waals surface area contributed by atoms with Crippen LogP contribution >= 0.6 is 0 Å². The van der Waals surface area contributed by atoms with Crippen LogP contribution in [-0.2, 0) is 28.6 Å². The first-order valence-corrected chi connectivity index (χ1v) is 27.8. The van der Waals surface area contributed by atoms with E-state index in [0.717, 1.165) is 89.9 Å². The van der Waals surface area contributed by atoms with Crippen molar-refractivity contribution in [1.29, 1.82) is 0 Å². The third kappa shape index (κ3) is 53.2. The molecular weight excluding hydrogens is 829 g/mol. The first kappa shape index (κ1) is 63.3. The van der Waals surface area contributed by atoms with Gasteiger partial charge in [0.25, 0.3) is 0 Å². The Morgan fingerprint density at radius 3 is 1.12 bits per heavy atom. The zero-order valence-electron chi connectivity index (χ0n) is 43.6. The molecule has 382 valence electrons. The number of ether oxygens (including phenoxy) is 3. The topological polar surface area (TPSA) is 78.9 Å². The van der Waals surface area contributed by atoms with Crippen LogP contribution in [0.3, 0.4) is 0 Å². The molecule has 1 unspecified atom stereocenters. The maximum absolute atomic E-state index is 12.8. The van der Waals surface area contributed by atoms with E-state index in [9.17, 15) is 14.4 Å². The number of esters is 3. The summed E-state index contributed by atoms with van der Waals surface area (Å²) in [7, 11) is 0. The fourth-order valence-electron chi connectivity index (χ4n) is 7.52. The molecule has 6 nitrogen and oxygen atoms in total.